The Morgan fingerprint density at radius 1 is 1.27 bits per heavy atom. The van der Waals surface area contributed by atoms with Crippen molar-refractivity contribution in [2.24, 2.45) is 5.92 Å². The molecule has 1 aliphatic rings. The van der Waals surface area contributed by atoms with Gasteiger partial charge in [0.15, 0.2) is 0 Å². The van der Waals surface area contributed by atoms with Crippen LogP contribution < -0.4 is 0 Å². The summed E-state index contributed by atoms with van der Waals surface area (Å²) in [5.41, 5.74) is 1.64. The lowest BCUT2D eigenvalue weighted by atomic mass is 10.2. The lowest BCUT2D eigenvalue weighted by Gasteiger charge is -2.16. The Labute approximate surface area is 135 Å². The van der Waals surface area contributed by atoms with Crippen LogP contribution >= 0.6 is 11.8 Å². The van der Waals surface area contributed by atoms with Gasteiger partial charge in [0, 0.05) is 35.6 Å². The summed E-state index contributed by atoms with van der Waals surface area (Å²) in [5.74, 6) is 1.76. The van der Waals surface area contributed by atoms with Crippen LogP contribution in [0.1, 0.15) is 22.5 Å². The van der Waals surface area contributed by atoms with Crippen LogP contribution in [0.25, 0.3) is 0 Å². The fourth-order valence-corrected chi connectivity index (χ4v) is 3.71. The van der Waals surface area contributed by atoms with E-state index in [1.54, 1.807) is 6.20 Å². The Bertz CT molecular complexity index is 627. The van der Waals surface area contributed by atoms with Crippen LogP contribution in [0.2, 0.25) is 0 Å². The molecular weight excluding hydrogens is 292 g/mol. The van der Waals surface area contributed by atoms with Crippen LogP contribution in [-0.4, -0.2) is 34.6 Å². The van der Waals surface area contributed by atoms with E-state index < -0.39 is 0 Å². The molecule has 1 unspecified atom stereocenters. The summed E-state index contributed by atoms with van der Waals surface area (Å²) in [6.07, 6.45) is 2.77. The van der Waals surface area contributed by atoms with Crippen molar-refractivity contribution >= 4 is 17.7 Å². The van der Waals surface area contributed by atoms with Gasteiger partial charge in [0.05, 0.1) is 5.56 Å². The molecule has 0 bridgehead atoms. The van der Waals surface area contributed by atoms with Crippen molar-refractivity contribution in [2.75, 3.05) is 18.8 Å². The van der Waals surface area contributed by atoms with Gasteiger partial charge in [-0.3, -0.25) is 9.78 Å². The van der Waals surface area contributed by atoms with Gasteiger partial charge in [-0.25, -0.2) is 0 Å². The van der Waals surface area contributed by atoms with Crippen LogP contribution in [0.5, 0.6) is 0 Å². The predicted molar refractivity (Wildman–Crippen MR) is 90.2 cm³/mol. The molecule has 1 fully saturated rings. The fourth-order valence-electron chi connectivity index (χ4n) is 2.66. The normalized spacial score (nSPS) is 17.7. The van der Waals surface area contributed by atoms with E-state index in [0.29, 0.717) is 11.5 Å². The first-order valence-electron chi connectivity index (χ1n) is 7.62. The maximum Gasteiger partial charge on any atom is 0.255 e. The second-order valence-electron chi connectivity index (χ2n) is 5.72. The molecule has 22 heavy (non-hydrogen) atoms. The Balaban J connectivity index is 1.53. The molecule has 2 heterocycles. The van der Waals surface area contributed by atoms with E-state index in [1.807, 2.05) is 41.8 Å². The zero-order valence-electron chi connectivity index (χ0n) is 12.7. The van der Waals surface area contributed by atoms with E-state index in [0.717, 1.165) is 31.0 Å². The van der Waals surface area contributed by atoms with E-state index in [1.165, 1.54) is 4.90 Å². The number of aryl methyl sites for hydroxylation is 1. The average molecular weight is 312 g/mol. The number of amides is 1. The molecule has 1 aromatic carbocycles. The summed E-state index contributed by atoms with van der Waals surface area (Å²) >= 11 is 1.88. The zero-order valence-corrected chi connectivity index (χ0v) is 13.6. The van der Waals surface area contributed by atoms with Gasteiger partial charge in [-0.15, -0.1) is 11.8 Å². The molecule has 1 saturated heterocycles. The van der Waals surface area contributed by atoms with Gasteiger partial charge >= 0.3 is 0 Å². The molecule has 1 aliphatic heterocycles. The number of nitrogens with zero attached hydrogens (tertiary/aromatic N) is 2. The Morgan fingerprint density at radius 2 is 2.09 bits per heavy atom. The molecule has 0 N–H and O–H groups in total. The highest BCUT2D eigenvalue weighted by molar-refractivity contribution is 7.99. The van der Waals surface area contributed by atoms with Crippen LogP contribution in [0.3, 0.4) is 0 Å². The number of benzene rings is 1. The third-order valence-electron chi connectivity index (χ3n) is 3.96. The first-order chi connectivity index (χ1) is 10.7. The highest BCUT2D eigenvalue weighted by atomic mass is 32.2. The van der Waals surface area contributed by atoms with Crippen LogP contribution in [0, 0.1) is 12.8 Å². The zero-order chi connectivity index (χ0) is 15.4. The predicted octanol–water partition coefficient (Wildman–Crippen LogP) is 3.64. The number of hydrogen-bond acceptors (Lipinski definition) is 3. The van der Waals surface area contributed by atoms with Crippen LogP contribution in [-0.2, 0) is 0 Å². The summed E-state index contributed by atoms with van der Waals surface area (Å²) in [5, 5.41) is 0. The van der Waals surface area contributed by atoms with Gasteiger partial charge in [0.1, 0.15) is 0 Å². The van der Waals surface area contributed by atoms with E-state index in [9.17, 15) is 4.79 Å². The van der Waals surface area contributed by atoms with Crippen molar-refractivity contribution in [3.8, 4) is 0 Å². The molecule has 1 amide bonds. The van der Waals surface area contributed by atoms with Gasteiger partial charge in [-0.1, -0.05) is 18.2 Å². The largest absolute Gasteiger partial charge is 0.338 e. The van der Waals surface area contributed by atoms with Crippen molar-refractivity contribution < 1.29 is 4.79 Å². The van der Waals surface area contributed by atoms with E-state index in [2.05, 4.69) is 29.2 Å². The molecule has 4 heteroatoms. The summed E-state index contributed by atoms with van der Waals surface area (Å²) in [6, 6.07) is 14.2. The van der Waals surface area contributed by atoms with E-state index >= 15 is 0 Å². The topological polar surface area (TPSA) is 33.2 Å². The van der Waals surface area contributed by atoms with Crippen molar-refractivity contribution in [1.82, 2.24) is 9.88 Å². The third kappa shape index (κ3) is 3.69. The molecule has 2 aromatic rings. The second kappa shape index (κ2) is 6.97. The molecular formula is C18H20N2OS. The van der Waals surface area contributed by atoms with Crippen molar-refractivity contribution in [1.29, 1.82) is 0 Å². The van der Waals surface area contributed by atoms with Crippen molar-refractivity contribution in [2.45, 2.75) is 18.2 Å². The van der Waals surface area contributed by atoms with Crippen LogP contribution in [0.4, 0.5) is 0 Å². The van der Waals surface area contributed by atoms with Gasteiger partial charge in [-0.05, 0) is 43.5 Å². The van der Waals surface area contributed by atoms with Crippen molar-refractivity contribution in [3.63, 3.8) is 0 Å². The van der Waals surface area contributed by atoms with Crippen LogP contribution in [0.15, 0.2) is 53.6 Å². The Morgan fingerprint density at radius 3 is 2.82 bits per heavy atom. The first-order valence-corrected chi connectivity index (χ1v) is 8.61. The molecule has 1 aromatic heterocycles. The van der Waals surface area contributed by atoms with Crippen molar-refractivity contribution in [3.05, 3.63) is 59.9 Å². The lowest BCUT2D eigenvalue weighted by Crippen LogP contribution is -2.29. The summed E-state index contributed by atoms with van der Waals surface area (Å²) in [7, 11) is 0. The fraction of sp³-hybridized carbons (Fsp3) is 0.333. The maximum atomic E-state index is 12.5. The molecule has 3 nitrogen and oxygen atoms in total. The molecule has 1 atom stereocenters. The smallest absolute Gasteiger partial charge is 0.255 e. The molecule has 0 aliphatic carbocycles. The summed E-state index contributed by atoms with van der Waals surface area (Å²) < 4.78 is 0. The summed E-state index contributed by atoms with van der Waals surface area (Å²) in [6.45, 7) is 3.64. The van der Waals surface area contributed by atoms with E-state index in [-0.39, 0.29) is 5.91 Å². The standard InChI is InChI=1S/C18H20N2OS/c1-14-7-8-16(11-19-14)18(21)20-10-9-15(12-20)13-22-17-5-3-2-4-6-17/h2-8,11,15H,9-10,12-13H2,1H3. The average Bonchev–Trinajstić information content (AvgIpc) is 3.03. The Hall–Kier alpha value is -1.81. The quantitative estimate of drug-likeness (QED) is 0.808. The number of carbonyl (C=O) groups excluding carboxylic acids is 1. The lowest BCUT2D eigenvalue weighted by molar-refractivity contribution is 0.0788. The third-order valence-corrected chi connectivity index (χ3v) is 5.20. The van der Waals surface area contributed by atoms with Gasteiger partial charge in [0.25, 0.3) is 5.91 Å². The number of likely N-dealkylation sites (tertiary alicyclic amines) is 1. The number of aromatic nitrogens is 1. The SMILES string of the molecule is Cc1ccc(C(=O)N2CCC(CSc3ccccc3)C2)cn1. The number of hydrogen-bond donors (Lipinski definition) is 0. The minimum atomic E-state index is 0.111. The highest BCUT2D eigenvalue weighted by Gasteiger charge is 2.27. The second-order valence-corrected chi connectivity index (χ2v) is 6.81. The number of thioether (sulfide) groups is 1. The molecule has 0 saturated carbocycles. The van der Waals surface area contributed by atoms with Gasteiger partial charge in [-0.2, -0.15) is 0 Å². The van der Waals surface area contributed by atoms with Gasteiger partial charge < -0.3 is 4.90 Å². The molecule has 114 valence electrons. The minimum absolute atomic E-state index is 0.111. The summed E-state index contributed by atoms with van der Waals surface area (Å²) in [4.78, 5) is 19.9. The van der Waals surface area contributed by atoms with Gasteiger partial charge in [0.2, 0.25) is 0 Å². The highest BCUT2D eigenvalue weighted by Crippen LogP contribution is 2.26. The molecule has 0 spiro atoms. The minimum Gasteiger partial charge on any atom is -0.338 e. The monoisotopic (exact) mass is 312 g/mol. The molecule has 3 rings (SSSR count). The number of rotatable bonds is 4. The first kappa shape index (κ1) is 15.1. The molecule has 0 radical (unpaired) electrons. The van der Waals surface area contributed by atoms with E-state index in [4.69, 9.17) is 0 Å². The number of carbonyl (C=O) groups is 1. The number of pyridine rings is 1. The Kier molecular flexibility index (Phi) is 4.78. The maximum absolute atomic E-state index is 12.5.